The van der Waals surface area contributed by atoms with Crippen molar-refractivity contribution < 1.29 is 18.0 Å². The number of amides is 2. The van der Waals surface area contributed by atoms with Gasteiger partial charge < -0.3 is 15.5 Å². The third-order valence-corrected chi connectivity index (χ3v) is 3.30. The lowest BCUT2D eigenvalue weighted by atomic mass is 10.0. The Hall–Kier alpha value is -0.980. The van der Waals surface area contributed by atoms with E-state index >= 15 is 0 Å². The van der Waals surface area contributed by atoms with Crippen molar-refractivity contribution in [2.45, 2.75) is 44.8 Å². The first-order valence-corrected chi connectivity index (χ1v) is 6.71. The highest BCUT2D eigenvalue weighted by atomic mass is 19.4. The number of hydrogen-bond acceptors (Lipinski definition) is 2. The van der Waals surface area contributed by atoms with Crippen LogP contribution in [0, 0.1) is 0 Å². The van der Waals surface area contributed by atoms with Crippen LogP contribution in [-0.4, -0.2) is 49.3 Å². The number of urea groups is 1. The van der Waals surface area contributed by atoms with Crippen LogP contribution in [0.25, 0.3) is 0 Å². The first-order valence-electron chi connectivity index (χ1n) is 6.71. The van der Waals surface area contributed by atoms with Gasteiger partial charge in [0.05, 0.1) is 0 Å². The Bertz CT molecular complexity index is 284. The molecule has 1 aliphatic heterocycles. The summed E-state index contributed by atoms with van der Waals surface area (Å²) in [4.78, 5) is 13.4. The van der Waals surface area contributed by atoms with E-state index in [0.29, 0.717) is 12.6 Å². The summed E-state index contributed by atoms with van der Waals surface area (Å²) in [6, 6.07) is -0.197. The predicted octanol–water partition coefficient (Wildman–Crippen LogP) is 2.11. The molecule has 0 bridgehead atoms. The average molecular weight is 281 g/mol. The van der Waals surface area contributed by atoms with Crippen LogP contribution in [-0.2, 0) is 0 Å². The smallest absolute Gasteiger partial charge is 0.338 e. The second kappa shape index (κ2) is 7.57. The molecule has 0 radical (unpaired) electrons. The summed E-state index contributed by atoms with van der Waals surface area (Å²) < 4.78 is 35.5. The van der Waals surface area contributed by atoms with Gasteiger partial charge in [-0.05, 0) is 32.7 Å². The molecule has 0 spiro atoms. The van der Waals surface area contributed by atoms with Crippen molar-refractivity contribution >= 4 is 6.03 Å². The van der Waals surface area contributed by atoms with Crippen molar-refractivity contribution in [2.24, 2.45) is 0 Å². The van der Waals surface area contributed by atoms with E-state index in [9.17, 15) is 18.0 Å². The second-order valence-electron chi connectivity index (χ2n) is 4.96. The zero-order chi connectivity index (χ0) is 14.3. The van der Waals surface area contributed by atoms with Crippen LogP contribution >= 0.6 is 0 Å². The highest BCUT2D eigenvalue weighted by molar-refractivity contribution is 5.73. The minimum Gasteiger partial charge on any atom is -0.338 e. The van der Waals surface area contributed by atoms with Gasteiger partial charge in [-0.25, -0.2) is 4.79 Å². The quantitative estimate of drug-likeness (QED) is 0.758. The van der Waals surface area contributed by atoms with E-state index in [1.807, 2.05) is 0 Å². The van der Waals surface area contributed by atoms with Gasteiger partial charge in [0, 0.05) is 19.1 Å². The molecule has 19 heavy (non-hydrogen) atoms. The molecule has 1 aliphatic rings. The first kappa shape index (κ1) is 16.1. The number of halogens is 3. The Labute approximate surface area is 111 Å². The maximum Gasteiger partial charge on any atom is 0.405 e. The van der Waals surface area contributed by atoms with Gasteiger partial charge in [0.15, 0.2) is 0 Å². The third-order valence-electron chi connectivity index (χ3n) is 3.30. The lowest BCUT2D eigenvalue weighted by molar-refractivity contribution is -0.122. The second-order valence-corrected chi connectivity index (χ2v) is 4.96. The molecule has 1 fully saturated rings. The van der Waals surface area contributed by atoms with E-state index in [4.69, 9.17) is 0 Å². The number of likely N-dealkylation sites (tertiary alicyclic amines) is 1. The van der Waals surface area contributed by atoms with Crippen LogP contribution in [0.15, 0.2) is 0 Å². The molecule has 1 unspecified atom stereocenters. The number of nitrogens with one attached hydrogen (secondary N) is 2. The number of rotatable bonds is 5. The molecule has 0 aliphatic carbocycles. The van der Waals surface area contributed by atoms with Crippen molar-refractivity contribution in [1.82, 2.24) is 15.5 Å². The van der Waals surface area contributed by atoms with Crippen molar-refractivity contribution in [3.8, 4) is 0 Å². The van der Waals surface area contributed by atoms with Crippen LogP contribution < -0.4 is 10.6 Å². The molecule has 0 saturated carbocycles. The highest BCUT2D eigenvalue weighted by Gasteiger charge is 2.27. The molecule has 0 aromatic rings. The van der Waals surface area contributed by atoms with Crippen LogP contribution in [0.4, 0.5) is 18.0 Å². The van der Waals surface area contributed by atoms with Crippen LogP contribution in [0.1, 0.15) is 32.6 Å². The number of hydrogen-bond donors (Lipinski definition) is 2. The van der Waals surface area contributed by atoms with Gasteiger partial charge in [0.1, 0.15) is 6.54 Å². The van der Waals surface area contributed by atoms with Crippen molar-refractivity contribution in [3.63, 3.8) is 0 Å². The summed E-state index contributed by atoms with van der Waals surface area (Å²) in [7, 11) is 0. The summed E-state index contributed by atoms with van der Waals surface area (Å²) in [6.07, 6.45) is 0.0451. The lowest BCUT2D eigenvalue weighted by Gasteiger charge is -2.33. The van der Waals surface area contributed by atoms with Gasteiger partial charge in [-0.2, -0.15) is 13.2 Å². The van der Waals surface area contributed by atoms with Gasteiger partial charge in [-0.15, -0.1) is 0 Å². The molecule has 7 heteroatoms. The molecule has 1 heterocycles. The molecular weight excluding hydrogens is 259 g/mol. The van der Waals surface area contributed by atoms with Gasteiger partial charge >= 0.3 is 12.2 Å². The summed E-state index contributed by atoms with van der Waals surface area (Å²) in [6.45, 7) is 3.24. The number of nitrogens with zero attached hydrogens (tertiary/aromatic N) is 1. The standard InChI is InChI=1S/C12H22F3N3O/c1-10-5-2-3-7-18(10)8-4-6-16-11(19)17-9-12(13,14)15/h10H,2-9H2,1H3,(H2,16,17,19). The van der Waals surface area contributed by atoms with Crippen molar-refractivity contribution in [2.75, 3.05) is 26.2 Å². The average Bonchev–Trinajstić information content (AvgIpc) is 2.33. The molecule has 2 amide bonds. The summed E-state index contributed by atoms with van der Waals surface area (Å²) in [5.74, 6) is 0. The zero-order valence-electron chi connectivity index (χ0n) is 11.2. The molecule has 0 aromatic carbocycles. The minimum absolute atomic E-state index is 0.396. The lowest BCUT2D eigenvalue weighted by Crippen LogP contribution is -2.42. The van der Waals surface area contributed by atoms with E-state index in [1.54, 1.807) is 5.32 Å². The van der Waals surface area contributed by atoms with Gasteiger partial charge in [0.2, 0.25) is 0 Å². The fraction of sp³-hybridized carbons (Fsp3) is 0.917. The molecule has 4 nitrogen and oxygen atoms in total. The molecule has 1 saturated heterocycles. The number of carbonyl (C=O) groups is 1. The van der Waals surface area contributed by atoms with Gasteiger partial charge in [-0.3, -0.25) is 0 Å². The van der Waals surface area contributed by atoms with Gasteiger partial charge in [-0.1, -0.05) is 6.42 Å². The van der Waals surface area contributed by atoms with Crippen molar-refractivity contribution in [3.05, 3.63) is 0 Å². The Morgan fingerprint density at radius 2 is 2.05 bits per heavy atom. The maximum atomic E-state index is 11.8. The normalized spacial score (nSPS) is 21.2. The number of piperidine rings is 1. The van der Waals surface area contributed by atoms with Gasteiger partial charge in [0.25, 0.3) is 0 Å². The van der Waals surface area contributed by atoms with E-state index in [0.717, 1.165) is 19.5 Å². The van der Waals surface area contributed by atoms with Crippen LogP contribution in [0.2, 0.25) is 0 Å². The third kappa shape index (κ3) is 7.25. The van der Waals surface area contributed by atoms with Crippen LogP contribution in [0.5, 0.6) is 0 Å². The Balaban J connectivity index is 2.05. The largest absolute Gasteiger partial charge is 0.405 e. The Morgan fingerprint density at radius 1 is 1.32 bits per heavy atom. The minimum atomic E-state index is -4.36. The highest BCUT2D eigenvalue weighted by Crippen LogP contribution is 2.16. The molecule has 1 atom stereocenters. The fourth-order valence-electron chi connectivity index (χ4n) is 2.22. The SMILES string of the molecule is CC1CCCCN1CCCNC(=O)NCC(F)(F)F. The molecule has 0 aromatic heterocycles. The fourth-order valence-corrected chi connectivity index (χ4v) is 2.22. The number of alkyl halides is 3. The summed E-state index contributed by atoms with van der Waals surface area (Å²) >= 11 is 0. The van der Waals surface area contributed by atoms with E-state index in [-0.39, 0.29) is 0 Å². The Morgan fingerprint density at radius 3 is 2.68 bits per heavy atom. The number of carbonyl (C=O) groups excluding carboxylic acids is 1. The monoisotopic (exact) mass is 281 g/mol. The predicted molar refractivity (Wildman–Crippen MR) is 67.0 cm³/mol. The summed E-state index contributed by atoms with van der Waals surface area (Å²) in [5.41, 5.74) is 0. The molecule has 112 valence electrons. The Kier molecular flexibility index (Phi) is 6.41. The molecule has 2 N–H and O–H groups in total. The zero-order valence-corrected chi connectivity index (χ0v) is 11.2. The van der Waals surface area contributed by atoms with E-state index in [2.05, 4.69) is 17.1 Å². The molecule has 1 rings (SSSR count). The summed E-state index contributed by atoms with van der Waals surface area (Å²) in [5, 5.41) is 4.21. The first-order chi connectivity index (χ1) is 8.88. The molecular formula is C12H22F3N3O. The van der Waals surface area contributed by atoms with E-state index < -0.39 is 18.8 Å². The van der Waals surface area contributed by atoms with E-state index in [1.165, 1.54) is 19.3 Å². The topological polar surface area (TPSA) is 44.4 Å². The van der Waals surface area contributed by atoms with Crippen molar-refractivity contribution in [1.29, 1.82) is 0 Å². The van der Waals surface area contributed by atoms with Crippen LogP contribution in [0.3, 0.4) is 0 Å². The maximum absolute atomic E-state index is 11.8.